The zero-order valence-corrected chi connectivity index (χ0v) is 6.72. The molecule has 0 spiro atoms. The largest absolute Gasteiger partial charge is 0.315 e. The Labute approximate surface area is 62.6 Å². The van der Waals surface area contributed by atoms with E-state index in [1.165, 1.54) is 19.5 Å². The predicted octanol–water partition coefficient (Wildman–Crippen LogP) is 0.462. The molecule has 2 heteroatoms. The molecule has 2 atom stereocenters. The first-order valence-electron chi connectivity index (χ1n) is 4.05. The van der Waals surface area contributed by atoms with Gasteiger partial charge < -0.3 is 5.32 Å². The third kappa shape index (κ3) is 0.789. The van der Waals surface area contributed by atoms with Crippen LogP contribution in [0.3, 0.4) is 0 Å². The van der Waals surface area contributed by atoms with E-state index in [1.807, 2.05) is 0 Å². The van der Waals surface area contributed by atoms with Crippen LogP contribution in [-0.2, 0) is 0 Å². The first-order valence-corrected chi connectivity index (χ1v) is 4.05. The van der Waals surface area contributed by atoms with Crippen molar-refractivity contribution in [1.29, 1.82) is 0 Å². The highest BCUT2D eigenvalue weighted by molar-refractivity contribution is 5.04. The molecular formula is C8H15N2. The first kappa shape index (κ1) is 6.62. The molecular weight excluding hydrogens is 124 g/mol. The molecule has 0 aromatic heterocycles. The van der Waals surface area contributed by atoms with Crippen LogP contribution in [0.5, 0.6) is 0 Å². The zero-order chi connectivity index (χ0) is 7.14. The average Bonchev–Trinajstić information content (AvgIpc) is 2.41. The monoisotopic (exact) mass is 139 g/mol. The Hall–Kier alpha value is -0.0800. The van der Waals surface area contributed by atoms with Gasteiger partial charge >= 0.3 is 0 Å². The highest BCUT2D eigenvalue weighted by Gasteiger charge is 2.39. The maximum Gasteiger partial charge on any atom is 0.0366 e. The van der Waals surface area contributed by atoms with Crippen LogP contribution in [0.4, 0.5) is 0 Å². The number of likely N-dealkylation sites (tertiary alicyclic amines) is 1. The summed E-state index contributed by atoms with van der Waals surface area (Å²) in [6.45, 7) is 4.67. The molecule has 1 N–H and O–H groups in total. The molecule has 2 nitrogen and oxygen atoms in total. The summed E-state index contributed by atoms with van der Waals surface area (Å²) in [6, 6.07) is 2.37. The number of nitrogens with one attached hydrogen (secondary N) is 1. The Balaban J connectivity index is 2.09. The second-order valence-electron chi connectivity index (χ2n) is 3.54. The second kappa shape index (κ2) is 2.21. The molecule has 1 radical (unpaired) electrons. The summed E-state index contributed by atoms with van der Waals surface area (Å²) in [5.41, 5.74) is 0. The van der Waals surface area contributed by atoms with Crippen molar-refractivity contribution in [3.63, 3.8) is 0 Å². The third-order valence-electron chi connectivity index (χ3n) is 2.96. The van der Waals surface area contributed by atoms with Crippen molar-refractivity contribution in [3.05, 3.63) is 6.04 Å². The van der Waals surface area contributed by atoms with Crippen LogP contribution in [-0.4, -0.2) is 31.1 Å². The second-order valence-corrected chi connectivity index (χ2v) is 3.54. The lowest BCUT2D eigenvalue weighted by Crippen LogP contribution is -2.31. The Kier molecular flexibility index (Phi) is 1.46. The van der Waals surface area contributed by atoms with E-state index in [2.05, 4.69) is 24.2 Å². The molecule has 0 aliphatic carbocycles. The fourth-order valence-corrected chi connectivity index (χ4v) is 2.19. The number of nitrogens with zero attached hydrogens (tertiary/aromatic N) is 1. The number of fused-ring (bicyclic) bond motifs is 1. The van der Waals surface area contributed by atoms with Crippen molar-refractivity contribution in [2.75, 3.05) is 20.1 Å². The normalized spacial score (nSPS) is 42.6. The van der Waals surface area contributed by atoms with Gasteiger partial charge in [0.05, 0.1) is 0 Å². The highest BCUT2D eigenvalue weighted by atomic mass is 15.2. The summed E-state index contributed by atoms with van der Waals surface area (Å²) in [4.78, 5) is 2.44. The molecule has 2 rings (SSSR count). The molecule has 10 heavy (non-hydrogen) atoms. The lowest BCUT2D eigenvalue weighted by atomic mass is 10.0. The van der Waals surface area contributed by atoms with E-state index in [4.69, 9.17) is 0 Å². The fraction of sp³-hybridized carbons (Fsp3) is 0.875. The molecule has 0 saturated carbocycles. The average molecular weight is 139 g/mol. The standard InChI is InChI=1S/C8H15N2/c1-6-3-7-4-9-5-8(7)10(6)2/h7-9H,3-5H2,1-2H3. The van der Waals surface area contributed by atoms with Crippen LogP contribution in [0, 0.1) is 12.0 Å². The fourth-order valence-electron chi connectivity index (χ4n) is 2.19. The van der Waals surface area contributed by atoms with Crippen LogP contribution >= 0.6 is 0 Å². The van der Waals surface area contributed by atoms with E-state index in [0.717, 1.165) is 12.0 Å². The Morgan fingerprint density at radius 3 is 3.00 bits per heavy atom. The maximum absolute atomic E-state index is 3.42. The highest BCUT2D eigenvalue weighted by Crippen LogP contribution is 2.34. The topological polar surface area (TPSA) is 15.3 Å². The van der Waals surface area contributed by atoms with Crippen LogP contribution in [0.25, 0.3) is 0 Å². The lowest BCUT2D eigenvalue weighted by molar-refractivity contribution is 0.311. The summed E-state index contributed by atoms with van der Waals surface area (Å²) in [5.74, 6) is 0.907. The van der Waals surface area contributed by atoms with Crippen molar-refractivity contribution < 1.29 is 0 Å². The minimum Gasteiger partial charge on any atom is -0.315 e. The number of hydrogen-bond acceptors (Lipinski definition) is 2. The van der Waals surface area contributed by atoms with Crippen molar-refractivity contribution in [2.45, 2.75) is 19.4 Å². The number of rotatable bonds is 0. The molecule has 0 aromatic rings. The summed E-state index contributed by atoms with van der Waals surface area (Å²) in [5, 5.41) is 3.42. The van der Waals surface area contributed by atoms with Gasteiger partial charge in [0, 0.05) is 18.6 Å². The van der Waals surface area contributed by atoms with Crippen molar-refractivity contribution in [2.24, 2.45) is 5.92 Å². The summed E-state index contributed by atoms with van der Waals surface area (Å²) >= 11 is 0. The zero-order valence-electron chi connectivity index (χ0n) is 6.72. The van der Waals surface area contributed by atoms with Gasteiger partial charge in [-0.2, -0.15) is 0 Å². The van der Waals surface area contributed by atoms with Gasteiger partial charge in [-0.1, -0.05) is 0 Å². The van der Waals surface area contributed by atoms with E-state index < -0.39 is 0 Å². The number of likely N-dealkylation sites (N-methyl/N-ethyl adjacent to an activating group) is 1. The Bertz CT molecular complexity index is 133. The van der Waals surface area contributed by atoms with E-state index in [0.29, 0.717) is 0 Å². The predicted molar refractivity (Wildman–Crippen MR) is 41.4 cm³/mol. The van der Waals surface area contributed by atoms with E-state index in [9.17, 15) is 0 Å². The van der Waals surface area contributed by atoms with Crippen LogP contribution in [0.2, 0.25) is 0 Å². The van der Waals surface area contributed by atoms with Gasteiger partial charge in [0.15, 0.2) is 0 Å². The molecule has 0 aromatic carbocycles. The van der Waals surface area contributed by atoms with E-state index >= 15 is 0 Å². The summed E-state index contributed by atoms with van der Waals surface area (Å²) in [7, 11) is 2.22. The minimum atomic E-state index is 0.806. The molecule has 2 heterocycles. The molecule has 2 fully saturated rings. The maximum atomic E-state index is 3.42. The molecule has 0 amide bonds. The van der Waals surface area contributed by atoms with Gasteiger partial charge in [-0.25, -0.2) is 0 Å². The summed E-state index contributed by atoms with van der Waals surface area (Å²) < 4.78 is 0. The summed E-state index contributed by atoms with van der Waals surface area (Å²) in [6.07, 6.45) is 1.31. The molecule has 0 bridgehead atoms. The van der Waals surface area contributed by atoms with Crippen LogP contribution < -0.4 is 5.32 Å². The van der Waals surface area contributed by atoms with Crippen molar-refractivity contribution in [3.8, 4) is 0 Å². The molecule has 2 saturated heterocycles. The quantitative estimate of drug-likeness (QED) is 0.524. The third-order valence-corrected chi connectivity index (χ3v) is 2.96. The van der Waals surface area contributed by atoms with Gasteiger partial charge in [-0.3, -0.25) is 4.90 Å². The van der Waals surface area contributed by atoms with Gasteiger partial charge in [0.1, 0.15) is 0 Å². The van der Waals surface area contributed by atoms with Crippen molar-refractivity contribution in [1.82, 2.24) is 10.2 Å². The van der Waals surface area contributed by atoms with Crippen LogP contribution in [0.1, 0.15) is 13.3 Å². The Morgan fingerprint density at radius 1 is 1.50 bits per heavy atom. The van der Waals surface area contributed by atoms with E-state index in [1.54, 1.807) is 6.04 Å². The SMILES string of the molecule is C[C]1CC2CNCC2N1C. The Morgan fingerprint density at radius 2 is 2.30 bits per heavy atom. The van der Waals surface area contributed by atoms with Crippen molar-refractivity contribution >= 4 is 0 Å². The molecule has 2 unspecified atom stereocenters. The van der Waals surface area contributed by atoms with Crippen LogP contribution in [0.15, 0.2) is 0 Å². The van der Waals surface area contributed by atoms with E-state index in [-0.39, 0.29) is 0 Å². The smallest absolute Gasteiger partial charge is 0.0366 e. The molecule has 57 valence electrons. The minimum absolute atomic E-state index is 0.806. The number of hydrogen-bond donors (Lipinski definition) is 1. The van der Waals surface area contributed by atoms with Gasteiger partial charge in [0.2, 0.25) is 0 Å². The van der Waals surface area contributed by atoms with Gasteiger partial charge in [-0.05, 0) is 32.9 Å². The molecule has 2 aliphatic heterocycles. The molecule has 2 aliphatic rings. The van der Waals surface area contributed by atoms with Gasteiger partial charge in [0.25, 0.3) is 0 Å². The van der Waals surface area contributed by atoms with Gasteiger partial charge in [-0.15, -0.1) is 0 Å². The lowest BCUT2D eigenvalue weighted by Gasteiger charge is -2.20. The first-order chi connectivity index (χ1) is 4.79.